The molecular weight excluding hydrogens is 348 g/mol. The van der Waals surface area contributed by atoms with E-state index in [-0.39, 0.29) is 4.90 Å². The van der Waals surface area contributed by atoms with Crippen LogP contribution in [0.15, 0.2) is 64.5 Å². The lowest BCUT2D eigenvalue weighted by Crippen LogP contribution is -2.16. The van der Waals surface area contributed by atoms with Crippen molar-refractivity contribution in [3.8, 4) is 0 Å². The summed E-state index contributed by atoms with van der Waals surface area (Å²) in [6.45, 7) is 0. The second-order valence-corrected chi connectivity index (χ2v) is 7.20. The number of amidine groups is 1. The van der Waals surface area contributed by atoms with Gasteiger partial charge in [0.05, 0.1) is 5.69 Å². The minimum atomic E-state index is -4.31. The lowest BCUT2D eigenvalue weighted by molar-refractivity contribution is 0.484. The van der Waals surface area contributed by atoms with Crippen molar-refractivity contribution < 1.29 is 13.0 Å². The molecule has 0 fully saturated rings. The first-order chi connectivity index (χ1) is 11.4. The van der Waals surface area contributed by atoms with Crippen LogP contribution in [0.1, 0.15) is 5.56 Å². The molecule has 7 heteroatoms. The zero-order chi connectivity index (χ0) is 16.9. The molecule has 0 aliphatic carbocycles. The average Bonchev–Trinajstić information content (AvgIpc) is 2.54. The lowest BCUT2D eigenvalue weighted by atomic mass is 10.0. The Bertz CT molecular complexity index is 1110. The summed E-state index contributed by atoms with van der Waals surface area (Å²) in [4.78, 5) is 4.44. The van der Waals surface area contributed by atoms with Gasteiger partial charge in [0.15, 0.2) is 0 Å². The molecule has 120 valence electrons. The first-order valence-electron chi connectivity index (χ1n) is 7.08. The van der Waals surface area contributed by atoms with E-state index in [1.54, 1.807) is 30.3 Å². The van der Waals surface area contributed by atoms with E-state index in [0.29, 0.717) is 27.3 Å². The monoisotopic (exact) mass is 358 g/mol. The molecule has 0 atom stereocenters. The Morgan fingerprint density at radius 1 is 1.00 bits per heavy atom. The molecule has 24 heavy (non-hydrogen) atoms. The van der Waals surface area contributed by atoms with Crippen LogP contribution in [0.3, 0.4) is 0 Å². The van der Waals surface area contributed by atoms with Crippen LogP contribution in [0.25, 0.3) is 10.8 Å². The van der Waals surface area contributed by atoms with Crippen molar-refractivity contribution in [3.05, 3.63) is 65.2 Å². The molecule has 1 aliphatic rings. The fourth-order valence-electron chi connectivity index (χ4n) is 2.80. The van der Waals surface area contributed by atoms with Crippen LogP contribution in [0.4, 0.5) is 11.4 Å². The summed E-state index contributed by atoms with van der Waals surface area (Å²) in [5.74, 6) is 0.645. The summed E-state index contributed by atoms with van der Waals surface area (Å²) in [6.07, 6.45) is 0. The maximum Gasteiger partial charge on any atom is 0.295 e. The van der Waals surface area contributed by atoms with Gasteiger partial charge in [0.25, 0.3) is 10.1 Å². The Hall–Kier alpha value is -2.41. The van der Waals surface area contributed by atoms with Crippen molar-refractivity contribution in [3.63, 3.8) is 0 Å². The average molecular weight is 359 g/mol. The van der Waals surface area contributed by atoms with E-state index < -0.39 is 10.1 Å². The maximum atomic E-state index is 11.6. The Morgan fingerprint density at radius 2 is 1.75 bits per heavy atom. The zero-order valence-corrected chi connectivity index (χ0v) is 13.8. The highest BCUT2D eigenvalue weighted by Gasteiger charge is 2.21. The van der Waals surface area contributed by atoms with Gasteiger partial charge in [-0.2, -0.15) is 8.42 Å². The van der Waals surface area contributed by atoms with Gasteiger partial charge in [-0.15, -0.1) is 0 Å². The zero-order valence-electron chi connectivity index (χ0n) is 12.2. The van der Waals surface area contributed by atoms with Crippen molar-refractivity contribution in [2.45, 2.75) is 4.90 Å². The molecule has 3 aromatic carbocycles. The van der Waals surface area contributed by atoms with E-state index in [1.807, 2.05) is 18.2 Å². The Labute approximate surface area is 143 Å². The highest BCUT2D eigenvalue weighted by atomic mass is 35.5. The first-order valence-corrected chi connectivity index (χ1v) is 8.90. The standard InChI is InChI=1S/C17H11ClN2O3S/c18-11-6-4-10(5-7-11)17-19-13-3-1-2-12-15(24(21,22)23)9-8-14(20-17)16(12)13/h1-9H,(H,19,20)(H,21,22,23). The normalized spacial score (nSPS) is 13.5. The summed E-state index contributed by atoms with van der Waals surface area (Å²) in [5, 5.41) is 4.93. The quantitative estimate of drug-likeness (QED) is 0.671. The molecule has 1 heterocycles. The van der Waals surface area contributed by atoms with Gasteiger partial charge in [0.1, 0.15) is 10.7 Å². The molecular formula is C17H11ClN2O3S. The van der Waals surface area contributed by atoms with Gasteiger partial charge in [-0.25, -0.2) is 4.99 Å². The molecule has 3 aromatic rings. The minimum Gasteiger partial charge on any atom is -0.339 e. The third-order valence-electron chi connectivity index (χ3n) is 3.86. The van der Waals surface area contributed by atoms with Gasteiger partial charge in [-0.1, -0.05) is 23.7 Å². The Kier molecular flexibility index (Phi) is 3.35. The maximum absolute atomic E-state index is 11.6. The molecule has 0 spiro atoms. The summed E-state index contributed by atoms with van der Waals surface area (Å²) < 4.78 is 32.6. The van der Waals surface area contributed by atoms with E-state index in [0.717, 1.165) is 11.3 Å². The molecule has 0 aromatic heterocycles. The molecule has 2 N–H and O–H groups in total. The number of hydrogen-bond donors (Lipinski definition) is 2. The number of aliphatic imine (C=N–C) groups is 1. The first kappa shape index (κ1) is 15.1. The predicted octanol–water partition coefficient (Wildman–Crippen LogP) is 4.24. The molecule has 0 radical (unpaired) electrons. The van der Waals surface area contributed by atoms with E-state index in [2.05, 4.69) is 10.3 Å². The van der Waals surface area contributed by atoms with Crippen LogP contribution >= 0.6 is 11.6 Å². The van der Waals surface area contributed by atoms with Gasteiger partial charge in [0, 0.05) is 27.0 Å². The van der Waals surface area contributed by atoms with Crippen molar-refractivity contribution in [1.29, 1.82) is 0 Å². The highest BCUT2D eigenvalue weighted by Crippen LogP contribution is 2.39. The predicted molar refractivity (Wildman–Crippen MR) is 95.0 cm³/mol. The number of hydrogen-bond acceptors (Lipinski definition) is 4. The number of anilines is 1. The third-order valence-corrected chi connectivity index (χ3v) is 5.02. The second kappa shape index (κ2) is 5.31. The van der Waals surface area contributed by atoms with Gasteiger partial charge < -0.3 is 5.32 Å². The molecule has 4 rings (SSSR count). The molecule has 0 unspecified atom stereocenters. The summed E-state index contributed by atoms with van der Waals surface area (Å²) >= 11 is 5.92. The van der Waals surface area contributed by atoms with E-state index in [4.69, 9.17) is 11.6 Å². The summed E-state index contributed by atoms with van der Waals surface area (Å²) in [7, 11) is -4.31. The van der Waals surface area contributed by atoms with Crippen LogP contribution < -0.4 is 5.32 Å². The van der Waals surface area contributed by atoms with E-state index >= 15 is 0 Å². The van der Waals surface area contributed by atoms with Gasteiger partial charge in [0.2, 0.25) is 0 Å². The van der Waals surface area contributed by atoms with Crippen LogP contribution in [-0.4, -0.2) is 18.8 Å². The largest absolute Gasteiger partial charge is 0.339 e. The molecule has 0 amide bonds. The van der Waals surface area contributed by atoms with E-state index in [9.17, 15) is 13.0 Å². The fourth-order valence-corrected chi connectivity index (χ4v) is 3.62. The highest BCUT2D eigenvalue weighted by molar-refractivity contribution is 7.86. The van der Waals surface area contributed by atoms with Gasteiger partial charge >= 0.3 is 0 Å². The molecule has 0 saturated carbocycles. The third kappa shape index (κ3) is 2.45. The topological polar surface area (TPSA) is 78.8 Å². The lowest BCUT2D eigenvalue weighted by Gasteiger charge is -2.20. The number of benzene rings is 3. The number of nitrogens with zero attached hydrogens (tertiary/aromatic N) is 1. The minimum absolute atomic E-state index is 0.130. The Balaban J connectivity index is 1.96. The smallest absolute Gasteiger partial charge is 0.295 e. The van der Waals surface area contributed by atoms with Gasteiger partial charge in [-0.05, 0) is 42.5 Å². The van der Waals surface area contributed by atoms with Gasteiger partial charge in [-0.3, -0.25) is 4.55 Å². The van der Waals surface area contributed by atoms with Crippen molar-refractivity contribution in [2.24, 2.45) is 4.99 Å². The molecule has 0 saturated heterocycles. The second-order valence-electron chi connectivity index (χ2n) is 5.38. The van der Waals surface area contributed by atoms with Crippen LogP contribution in [0.5, 0.6) is 0 Å². The van der Waals surface area contributed by atoms with Crippen LogP contribution in [-0.2, 0) is 10.1 Å². The number of halogens is 1. The van der Waals surface area contributed by atoms with Crippen molar-refractivity contribution in [2.75, 3.05) is 5.32 Å². The summed E-state index contributed by atoms with van der Waals surface area (Å²) in [6, 6.07) is 15.4. The van der Waals surface area contributed by atoms with Crippen molar-refractivity contribution >= 4 is 49.7 Å². The van der Waals surface area contributed by atoms with E-state index in [1.165, 1.54) is 6.07 Å². The van der Waals surface area contributed by atoms with Crippen LogP contribution in [0, 0.1) is 0 Å². The fraction of sp³-hybridized carbons (Fsp3) is 0. The number of nitrogens with one attached hydrogen (secondary N) is 1. The molecule has 5 nitrogen and oxygen atoms in total. The van der Waals surface area contributed by atoms with Crippen LogP contribution in [0.2, 0.25) is 5.02 Å². The molecule has 0 bridgehead atoms. The molecule has 1 aliphatic heterocycles. The SMILES string of the molecule is O=S(=O)(O)c1ccc2c3c(cccc13)NC(c1ccc(Cl)cc1)=N2. The Morgan fingerprint density at radius 3 is 2.46 bits per heavy atom. The summed E-state index contributed by atoms with van der Waals surface area (Å²) in [5.41, 5.74) is 2.23. The van der Waals surface area contributed by atoms with Crippen molar-refractivity contribution in [1.82, 2.24) is 0 Å². The number of rotatable bonds is 2.